The van der Waals surface area contributed by atoms with Gasteiger partial charge in [-0.25, -0.2) is 4.79 Å². The summed E-state index contributed by atoms with van der Waals surface area (Å²) in [7, 11) is 0. The smallest absolute Gasteiger partial charge is 0.414 e. The van der Waals surface area contributed by atoms with Gasteiger partial charge in [-0.3, -0.25) is 4.90 Å². The molecule has 0 saturated carbocycles. The van der Waals surface area contributed by atoms with Gasteiger partial charge in [-0.05, 0) is 24.6 Å². The normalized spacial score (nSPS) is 19.0. The lowest BCUT2D eigenvalue weighted by molar-refractivity contribution is 0.143. The summed E-state index contributed by atoms with van der Waals surface area (Å²) in [6, 6.07) is 7.37. The molecule has 0 radical (unpaired) electrons. The molecule has 1 aliphatic heterocycles. The number of anilines is 1. The number of halogens is 1. The minimum atomic E-state index is -0.421. The third kappa shape index (κ3) is 2.20. The van der Waals surface area contributed by atoms with E-state index in [1.165, 1.54) is 4.90 Å². The Kier molecular flexibility index (Phi) is 3.21. The van der Waals surface area contributed by atoms with Crippen molar-refractivity contribution in [3.8, 4) is 6.07 Å². The zero-order valence-corrected chi connectivity index (χ0v) is 10.1. The number of rotatable bonds is 2. The molecular weight excluding hydrogens is 240 g/mol. The van der Waals surface area contributed by atoms with Crippen LogP contribution in [-0.2, 0) is 4.74 Å². The van der Waals surface area contributed by atoms with Gasteiger partial charge in [-0.2, -0.15) is 5.26 Å². The molecule has 17 heavy (non-hydrogen) atoms. The molecule has 1 aromatic rings. The molecule has 0 aromatic heterocycles. The average Bonchev–Trinajstić information content (AvgIpc) is 2.64. The molecule has 1 fully saturated rings. The number of carbonyl (C=O) groups is 1. The molecule has 88 valence electrons. The molecule has 0 N–H and O–H groups in total. The summed E-state index contributed by atoms with van der Waals surface area (Å²) in [5, 5.41) is 9.20. The zero-order valence-electron chi connectivity index (χ0n) is 9.31. The van der Waals surface area contributed by atoms with E-state index in [2.05, 4.69) is 0 Å². The maximum absolute atomic E-state index is 11.7. The summed E-state index contributed by atoms with van der Waals surface area (Å²) in [5.41, 5.74) is 1.58. The Labute approximate surface area is 104 Å². The van der Waals surface area contributed by atoms with Crippen LogP contribution in [-0.4, -0.2) is 18.7 Å². The van der Waals surface area contributed by atoms with Gasteiger partial charge in [0.1, 0.15) is 6.10 Å². The van der Waals surface area contributed by atoms with E-state index in [4.69, 9.17) is 21.6 Å². The molecule has 4 nitrogen and oxygen atoms in total. The monoisotopic (exact) mass is 250 g/mol. The van der Waals surface area contributed by atoms with Crippen LogP contribution < -0.4 is 4.90 Å². The van der Waals surface area contributed by atoms with Crippen LogP contribution in [0.2, 0.25) is 5.02 Å². The third-order valence-corrected chi connectivity index (χ3v) is 3.13. The number of nitrogens with zero attached hydrogens (tertiary/aromatic N) is 2. The van der Waals surface area contributed by atoms with E-state index in [9.17, 15) is 4.79 Å². The predicted octanol–water partition coefficient (Wildman–Crippen LogP) is 2.89. The maximum atomic E-state index is 11.7. The van der Waals surface area contributed by atoms with Gasteiger partial charge in [0.15, 0.2) is 0 Å². The van der Waals surface area contributed by atoms with Gasteiger partial charge < -0.3 is 4.74 Å². The summed E-state index contributed by atoms with van der Waals surface area (Å²) in [4.78, 5) is 13.2. The highest BCUT2D eigenvalue weighted by Crippen LogP contribution is 2.30. The number of amides is 1. The van der Waals surface area contributed by atoms with E-state index in [1.54, 1.807) is 12.1 Å². The van der Waals surface area contributed by atoms with Crippen molar-refractivity contribution in [2.24, 2.45) is 0 Å². The molecule has 1 saturated heterocycles. The first-order valence-corrected chi connectivity index (χ1v) is 5.61. The average molecular weight is 251 g/mol. The van der Waals surface area contributed by atoms with Gasteiger partial charge in [0.25, 0.3) is 0 Å². The van der Waals surface area contributed by atoms with Crippen LogP contribution >= 0.6 is 11.6 Å². The zero-order chi connectivity index (χ0) is 12.4. The predicted molar refractivity (Wildman–Crippen MR) is 64.0 cm³/mol. The Bertz CT molecular complexity index is 496. The molecule has 1 unspecified atom stereocenters. The minimum absolute atomic E-state index is 0.210. The Morgan fingerprint density at radius 1 is 1.65 bits per heavy atom. The van der Waals surface area contributed by atoms with Gasteiger partial charge in [-0.1, -0.05) is 17.7 Å². The van der Waals surface area contributed by atoms with Crippen molar-refractivity contribution in [1.82, 2.24) is 0 Å². The van der Waals surface area contributed by atoms with E-state index < -0.39 is 6.09 Å². The summed E-state index contributed by atoms with van der Waals surface area (Å²) in [6.45, 7) is 2.25. The first-order chi connectivity index (χ1) is 8.13. The number of nitriles is 1. The number of hydrogen-bond donors (Lipinski definition) is 0. The van der Waals surface area contributed by atoms with Crippen LogP contribution in [0.5, 0.6) is 0 Å². The van der Waals surface area contributed by atoms with Crippen LogP contribution in [0.1, 0.15) is 12.0 Å². The molecule has 1 aliphatic rings. The van der Waals surface area contributed by atoms with Gasteiger partial charge in [0, 0.05) is 5.02 Å². The second-order valence-electron chi connectivity index (χ2n) is 3.86. The van der Waals surface area contributed by atoms with Crippen LogP contribution in [0.25, 0.3) is 0 Å². The van der Waals surface area contributed by atoms with Crippen molar-refractivity contribution in [2.45, 2.75) is 19.4 Å². The maximum Gasteiger partial charge on any atom is 0.414 e. The number of cyclic esters (lactones) is 1. The van der Waals surface area contributed by atoms with E-state index >= 15 is 0 Å². The van der Waals surface area contributed by atoms with Crippen molar-refractivity contribution >= 4 is 23.4 Å². The molecule has 1 heterocycles. The fourth-order valence-corrected chi connectivity index (χ4v) is 1.98. The second kappa shape index (κ2) is 4.64. The fraction of sp³-hybridized carbons (Fsp3) is 0.333. The number of hydrogen-bond acceptors (Lipinski definition) is 3. The first-order valence-electron chi connectivity index (χ1n) is 5.23. The van der Waals surface area contributed by atoms with Crippen LogP contribution in [0, 0.1) is 18.3 Å². The van der Waals surface area contributed by atoms with Crippen molar-refractivity contribution in [3.05, 3.63) is 28.8 Å². The lowest BCUT2D eigenvalue weighted by atomic mass is 10.1. The van der Waals surface area contributed by atoms with Crippen molar-refractivity contribution in [2.75, 3.05) is 11.4 Å². The van der Waals surface area contributed by atoms with E-state index in [1.807, 2.05) is 19.1 Å². The summed E-state index contributed by atoms with van der Waals surface area (Å²) < 4.78 is 5.09. The molecule has 1 aromatic carbocycles. The summed E-state index contributed by atoms with van der Waals surface area (Å²) >= 11 is 6.01. The molecule has 5 heteroatoms. The molecule has 1 amide bonds. The molecule has 0 spiro atoms. The highest BCUT2D eigenvalue weighted by atomic mass is 35.5. The summed E-state index contributed by atoms with van der Waals surface area (Å²) in [6.07, 6.45) is -0.566. The Morgan fingerprint density at radius 2 is 2.41 bits per heavy atom. The van der Waals surface area contributed by atoms with Crippen LogP contribution in [0.3, 0.4) is 0 Å². The van der Waals surface area contributed by atoms with Crippen LogP contribution in [0.15, 0.2) is 18.2 Å². The lowest BCUT2D eigenvalue weighted by Gasteiger charge is -2.16. The van der Waals surface area contributed by atoms with Gasteiger partial charge in [0.2, 0.25) is 0 Å². The lowest BCUT2D eigenvalue weighted by Crippen LogP contribution is -2.25. The molecule has 2 rings (SSSR count). The Balaban J connectivity index is 2.27. The van der Waals surface area contributed by atoms with Gasteiger partial charge >= 0.3 is 6.09 Å². The second-order valence-corrected chi connectivity index (χ2v) is 4.27. The summed E-state index contributed by atoms with van der Waals surface area (Å²) in [5.74, 6) is 0. The minimum Gasteiger partial charge on any atom is -0.443 e. The van der Waals surface area contributed by atoms with E-state index in [0.29, 0.717) is 11.6 Å². The number of ether oxygens (including phenoxy) is 1. The largest absolute Gasteiger partial charge is 0.443 e. The fourth-order valence-electron chi connectivity index (χ4n) is 1.81. The highest BCUT2D eigenvalue weighted by Gasteiger charge is 2.33. The van der Waals surface area contributed by atoms with Gasteiger partial charge in [-0.15, -0.1) is 0 Å². The highest BCUT2D eigenvalue weighted by molar-refractivity contribution is 6.31. The topological polar surface area (TPSA) is 53.3 Å². The number of benzene rings is 1. The van der Waals surface area contributed by atoms with Crippen molar-refractivity contribution in [3.63, 3.8) is 0 Å². The molecule has 0 aliphatic carbocycles. The quantitative estimate of drug-likeness (QED) is 0.811. The number of carbonyl (C=O) groups excluding carboxylic acids is 1. The van der Waals surface area contributed by atoms with Gasteiger partial charge in [0.05, 0.1) is 24.7 Å². The van der Waals surface area contributed by atoms with Crippen LogP contribution in [0.4, 0.5) is 10.5 Å². The molecule has 0 bridgehead atoms. The Morgan fingerprint density at radius 3 is 3.12 bits per heavy atom. The molecular formula is C12H11ClN2O2. The Hall–Kier alpha value is -1.73. The standard InChI is InChI=1S/C12H11ClN2O2/c1-8-10(13)3-2-4-11(8)15-7-9(5-6-14)17-12(15)16/h2-4,9H,5,7H2,1H3. The molecule has 1 atom stereocenters. The van der Waals surface area contributed by atoms with E-state index in [-0.39, 0.29) is 12.5 Å². The third-order valence-electron chi connectivity index (χ3n) is 2.72. The SMILES string of the molecule is Cc1c(Cl)cccc1N1CC(CC#N)OC1=O. The first kappa shape index (κ1) is 11.7. The van der Waals surface area contributed by atoms with Crippen molar-refractivity contribution in [1.29, 1.82) is 5.26 Å². The van der Waals surface area contributed by atoms with E-state index in [0.717, 1.165) is 11.3 Å². The van der Waals surface area contributed by atoms with Crippen molar-refractivity contribution < 1.29 is 9.53 Å².